The summed E-state index contributed by atoms with van der Waals surface area (Å²) in [6.07, 6.45) is 0.923. The smallest absolute Gasteiger partial charge is 0.315 e. The van der Waals surface area contributed by atoms with Crippen LogP contribution in [0.4, 0.5) is 4.79 Å². The molecule has 1 rings (SSSR count). The molecule has 0 aliphatic heterocycles. The van der Waals surface area contributed by atoms with Crippen LogP contribution in [-0.2, 0) is 9.53 Å². The number of carbonyl (C=O) groups is 2. The number of benzene rings is 1. The molecule has 0 aromatic heterocycles. The van der Waals surface area contributed by atoms with E-state index < -0.39 is 0 Å². The molecule has 0 heterocycles. The number of amides is 2. The monoisotopic (exact) mass is 312 g/mol. The fourth-order valence-electron chi connectivity index (χ4n) is 1.84. The Bertz CT molecular complexity index is 462. The molecule has 21 heavy (non-hydrogen) atoms. The molecular formula is C15H21ClN2O3. The van der Waals surface area contributed by atoms with Crippen LogP contribution in [0.3, 0.4) is 0 Å². The predicted molar refractivity (Wildman–Crippen MR) is 82.3 cm³/mol. The van der Waals surface area contributed by atoms with Crippen LogP contribution in [-0.4, -0.2) is 25.2 Å². The maximum Gasteiger partial charge on any atom is 0.315 e. The average molecular weight is 313 g/mol. The summed E-state index contributed by atoms with van der Waals surface area (Å²) in [5.41, 5.74) is 0.988. The Morgan fingerprint density at radius 1 is 1.24 bits per heavy atom. The minimum Gasteiger partial charge on any atom is -0.466 e. The van der Waals surface area contributed by atoms with Crippen LogP contribution in [0.1, 0.15) is 38.3 Å². The van der Waals surface area contributed by atoms with Gasteiger partial charge in [0, 0.05) is 11.6 Å². The third-order valence-corrected chi connectivity index (χ3v) is 3.16. The molecule has 0 fully saturated rings. The highest BCUT2D eigenvalue weighted by atomic mass is 35.5. The fourth-order valence-corrected chi connectivity index (χ4v) is 1.96. The molecule has 0 bridgehead atoms. The molecule has 1 atom stereocenters. The second kappa shape index (κ2) is 9.23. The van der Waals surface area contributed by atoms with Gasteiger partial charge in [0.1, 0.15) is 0 Å². The molecule has 0 saturated carbocycles. The lowest BCUT2D eigenvalue weighted by Crippen LogP contribution is -2.38. The molecule has 116 valence electrons. The lowest BCUT2D eigenvalue weighted by atomic mass is 10.1. The number of halogens is 1. The molecular weight excluding hydrogens is 292 g/mol. The highest BCUT2D eigenvalue weighted by Crippen LogP contribution is 2.18. The van der Waals surface area contributed by atoms with E-state index in [4.69, 9.17) is 16.3 Å². The van der Waals surface area contributed by atoms with Crippen molar-refractivity contribution in [1.29, 1.82) is 0 Å². The quantitative estimate of drug-likeness (QED) is 0.760. The van der Waals surface area contributed by atoms with Crippen LogP contribution in [0, 0.1) is 0 Å². The van der Waals surface area contributed by atoms with Crippen LogP contribution in [0.5, 0.6) is 0 Å². The van der Waals surface area contributed by atoms with E-state index in [0.717, 1.165) is 12.0 Å². The second-order valence-corrected chi connectivity index (χ2v) is 4.90. The minimum atomic E-state index is -0.317. The normalized spacial score (nSPS) is 11.6. The van der Waals surface area contributed by atoms with Gasteiger partial charge in [-0.25, -0.2) is 4.79 Å². The maximum absolute atomic E-state index is 11.8. The fraction of sp³-hybridized carbons (Fsp3) is 0.467. The molecule has 1 aromatic rings. The van der Waals surface area contributed by atoms with Crippen LogP contribution in [0.2, 0.25) is 5.02 Å². The van der Waals surface area contributed by atoms with Crippen LogP contribution >= 0.6 is 11.6 Å². The van der Waals surface area contributed by atoms with Gasteiger partial charge in [-0.2, -0.15) is 0 Å². The Morgan fingerprint density at radius 2 is 1.90 bits per heavy atom. The van der Waals surface area contributed by atoms with Gasteiger partial charge >= 0.3 is 12.0 Å². The van der Waals surface area contributed by atoms with Crippen molar-refractivity contribution in [2.45, 2.75) is 32.7 Å². The van der Waals surface area contributed by atoms with Crippen molar-refractivity contribution in [2.75, 3.05) is 13.2 Å². The molecule has 0 spiro atoms. The zero-order chi connectivity index (χ0) is 15.7. The van der Waals surface area contributed by atoms with E-state index in [0.29, 0.717) is 11.6 Å². The van der Waals surface area contributed by atoms with Gasteiger partial charge in [0.25, 0.3) is 0 Å². The first kappa shape index (κ1) is 17.3. The highest BCUT2D eigenvalue weighted by molar-refractivity contribution is 6.30. The summed E-state index contributed by atoms with van der Waals surface area (Å²) in [7, 11) is 0. The summed E-state index contributed by atoms with van der Waals surface area (Å²) < 4.78 is 4.78. The molecule has 5 nitrogen and oxygen atoms in total. The SMILES string of the molecule is CCOC(=O)CCNC(=O)N[C@@H](CC)c1ccc(Cl)cc1. The van der Waals surface area contributed by atoms with Crippen molar-refractivity contribution in [3.8, 4) is 0 Å². The number of ether oxygens (including phenoxy) is 1. The van der Waals surface area contributed by atoms with E-state index in [9.17, 15) is 9.59 Å². The zero-order valence-electron chi connectivity index (χ0n) is 12.3. The van der Waals surface area contributed by atoms with Gasteiger partial charge in [-0.1, -0.05) is 30.7 Å². The van der Waals surface area contributed by atoms with Crippen molar-refractivity contribution >= 4 is 23.6 Å². The van der Waals surface area contributed by atoms with Crippen molar-refractivity contribution < 1.29 is 14.3 Å². The Hall–Kier alpha value is -1.75. The van der Waals surface area contributed by atoms with Crippen LogP contribution in [0.25, 0.3) is 0 Å². The lowest BCUT2D eigenvalue weighted by Gasteiger charge is -2.18. The summed E-state index contributed by atoms with van der Waals surface area (Å²) >= 11 is 5.85. The molecule has 2 N–H and O–H groups in total. The topological polar surface area (TPSA) is 67.4 Å². The lowest BCUT2D eigenvalue weighted by molar-refractivity contribution is -0.142. The van der Waals surface area contributed by atoms with Crippen molar-refractivity contribution in [1.82, 2.24) is 10.6 Å². The van der Waals surface area contributed by atoms with Crippen molar-refractivity contribution in [3.05, 3.63) is 34.9 Å². The zero-order valence-corrected chi connectivity index (χ0v) is 13.1. The number of carbonyl (C=O) groups excluding carboxylic acids is 2. The van der Waals surface area contributed by atoms with Gasteiger partial charge in [-0.15, -0.1) is 0 Å². The molecule has 1 aromatic carbocycles. The number of rotatable bonds is 7. The Kier molecular flexibility index (Phi) is 7.61. The number of esters is 1. The number of nitrogens with one attached hydrogen (secondary N) is 2. The molecule has 2 amide bonds. The Morgan fingerprint density at radius 3 is 2.48 bits per heavy atom. The summed E-state index contributed by atoms with van der Waals surface area (Å²) in [6, 6.07) is 6.95. The number of hydrogen-bond donors (Lipinski definition) is 2. The van der Waals surface area contributed by atoms with Crippen LogP contribution in [0.15, 0.2) is 24.3 Å². The van der Waals surface area contributed by atoms with Crippen LogP contribution < -0.4 is 10.6 Å². The van der Waals surface area contributed by atoms with Gasteiger partial charge < -0.3 is 15.4 Å². The minimum absolute atomic E-state index is 0.0927. The van der Waals surface area contributed by atoms with Crippen molar-refractivity contribution in [3.63, 3.8) is 0 Å². The van der Waals surface area contributed by atoms with E-state index in [1.165, 1.54) is 0 Å². The summed E-state index contributed by atoms with van der Waals surface area (Å²) in [6.45, 7) is 4.33. The second-order valence-electron chi connectivity index (χ2n) is 4.47. The Labute approximate surface area is 130 Å². The van der Waals surface area contributed by atoms with E-state index in [-0.39, 0.29) is 31.0 Å². The van der Waals surface area contributed by atoms with Gasteiger partial charge in [-0.3, -0.25) is 4.79 Å². The molecule has 0 radical (unpaired) electrons. The largest absolute Gasteiger partial charge is 0.466 e. The van der Waals surface area contributed by atoms with E-state index in [1.807, 2.05) is 19.1 Å². The average Bonchev–Trinajstić information content (AvgIpc) is 2.46. The van der Waals surface area contributed by atoms with Gasteiger partial charge in [0.2, 0.25) is 0 Å². The predicted octanol–water partition coefficient (Wildman–Crippen LogP) is 3.04. The summed E-state index contributed by atoms with van der Waals surface area (Å²) in [4.78, 5) is 22.9. The van der Waals surface area contributed by atoms with E-state index in [2.05, 4.69) is 10.6 Å². The molecule has 0 aliphatic carbocycles. The molecule has 0 aliphatic rings. The van der Waals surface area contributed by atoms with E-state index in [1.54, 1.807) is 19.1 Å². The number of urea groups is 1. The van der Waals surface area contributed by atoms with Gasteiger partial charge in [-0.05, 0) is 31.0 Å². The third kappa shape index (κ3) is 6.49. The first-order valence-electron chi connectivity index (χ1n) is 7.02. The maximum atomic E-state index is 11.8. The molecule has 0 saturated heterocycles. The van der Waals surface area contributed by atoms with E-state index >= 15 is 0 Å². The molecule has 6 heteroatoms. The number of hydrogen-bond acceptors (Lipinski definition) is 3. The first-order chi connectivity index (χ1) is 10.1. The van der Waals surface area contributed by atoms with Gasteiger partial charge in [0.15, 0.2) is 0 Å². The first-order valence-corrected chi connectivity index (χ1v) is 7.40. The standard InChI is InChI=1S/C15H21ClN2O3/c1-3-13(11-5-7-12(16)8-6-11)18-15(20)17-10-9-14(19)21-4-2/h5-8,13H,3-4,9-10H2,1-2H3,(H2,17,18,20)/t13-/m0/s1. The summed E-state index contributed by atoms with van der Waals surface area (Å²) in [5, 5.41) is 6.16. The molecule has 0 unspecified atom stereocenters. The van der Waals surface area contributed by atoms with Gasteiger partial charge in [0.05, 0.1) is 19.1 Å². The van der Waals surface area contributed by atoms with Crippen molar-refractivity contribution in [2.24, 2.45) is 0 Å². The summed E-state index contributed by atoms with van der Waals surface area (Å²) in [5.74, 6) is -0.317. The third-order valence-electron chi connectivity index (χ3n) is 2.91. The highest BCUT2D eigenvalue weighted by Gasteiger charge is 2.12. The Balaban J connectivity index is 2.41.